The van der Waals surface area contributed by atoms with Crippen LogP contribution in [0.1, 0.15) is 37.8 Å². The summed E-state index contributed by atoms with van der Waals surface area (Å²) in [4.78, 5) is 14.7. The zero-order valence-electron chi connectivity index (χ0n) is 12.5. The number of hydrogen-bond acceptors (Lipinski definition) is 2. The van der Waals surface area contributed by atoms with Crippen LogP contribution in [0.2, 0.25) is 0 Å². The summed E-state index contributed by atoms with van der Waals surface area (Å²) in [5.74, 6) is 0.555. The van der Waals surface area contributed by atoms with Crippen LogP contribution < -0.4 is 5.32 Å². The van der Waals surface area contributed by atoms with Crippen LogP contribution >= 0.6 is 0 Å². The van der Waals surface area contributed by atoms with Gasteiger partial charge >= 0.3 is 0 Å². The summed E-state index contributed by atoms with van der Waals surface area (Å²) in [7, 11) is 0. The molecule has 21 heavy (non-hydrogen) atoms. The Bertz CT molecular complexity index is 513. The molecule has 3 nitrogen and oxygen atoms in total. The van der Waals surface area contributed by atoms with Crippen molar-refractivity contribution in [3.8, 4) is 0 Å². The lowest BCUT2D eigenvalue weighted by atomic mass is 9.95. The molecule has 0 aromatic heterocycles. The van der Waals surface area contributed by atoms with E-state index >= 15 is 0 Å². The summed E-state index contributed by atoms with van der Waals surface area (Å²) in [6.45, 7) is 4.71. The van der Waals surface area contributed by atoms with E-state index in [1.165, 1.54) is 6.07 Å². The lowest BCUT2D eigenvalue weighted by Crippen LogP contribution is -2.41. The molecule has 2 saturated heterocycles. The summed E-state index contributed by atoms with van der Waals surface area (Å²) in [5.41, 5.74) is 0.670. The van der Waals surface area contributed by atoms with Gasteiger partial charge in [-0.05, 0) is 44.3 Å². The third-order valence-electron chi connectivity index (χ3n) is 4.75. The molecule has 3 rings (SSSR count). The van der Waals surface area contributed by atoms with Crippen molar-refractivity contribution >= 4 is 5.91 Å². The molecule has 2 aliphatic rings. The van der Waals surface area contributed by atoms with E-state index in [1.54, 1.807) is 6.07 Å². The molecule has 0 saturated carbocycles. The third-order valence-corrected chi connectivity index (χ3v) is 4.75. The Hall–Kier alpha value is -1.42. The minimum absolute atomic E-state index is 0.0939. The van der Waals surface area contributed by atoms with Gasteiger partial charge < -0.3 is 10.2 Å². The highest BCUT2D eigenvalue weighted by atomic mass is 19.1. The molecule has 0 radical (unpaired) electrons. The van der Waals surface area contributed by atoms with Crippen molar-refractivity contribution < 1.29 is 9.18 Å². The fraction of sp³-hybridized carbons (Fsp3) is 0.588. The predicted molar refractivity (Wildman–Crippen MR) is 80.2 cm³/mol. The zero-order chi connectivity index (χ0) is 14.8. The van der Waals surface area contributed by atoms with Crippen molar-refractivity contribution in [2.24, 2.45) is 11.8 Å². The molecule has 0 bridgehead atoms. The topological polar surface area (TPSA) is 32.3 Å². The van der Waals surface area contributed by atoms with E-state index in [0.717, 1.165) is 38.9 Å². The minimum atomic E-state index is -0.195. The molecule has 0 unspecified atom stereocenters. The molecule has 2 aliphatic heterocycles. The number of carbonyl (C=O) groups is 1. The molecule has 4 heteroatoms. The lowest BCUT2D eigenvalue weighted by molar-refractivity contribution is -0.137. The number of rotatable bonds is 2. The van der Waals surface area contributed by atoms with Crippen LogP contribution in [0, 0.1) is 17.7 Å². The number of carbonyl (C=O) groups excluding carboxylic acids is 1. The largest absolute Gasteiger partial charge is 0.335 e. The maximum atomic E-state index is 14.1. The van der Waals surface area contributed by atoms with E-state index in [4.69, 9.17) is 0 Å². The number of amides is 1. The Balaban J connectivity index is 1.82. The molecule has 1 aromatic carbocycles. The van der Waals surface area contributed by atoms with Crippen LogP contribution in [-0.4, -0.2) is 30.4 Å². The predicted octanol–water partition coefficient (Wildman–Crippen LogP) is 2.73. The maximum Gasteiger partial charge on any atom is 0.226 e. The SMILES string of the molecule is C[C@H]1C[C@H](c2ccccc2F)N(C(=O)C2CCNCC2)C1. The van der Waals surface area contributed by atoms with Crippen LogP contribution in [0.25, 0.3) is 0 Å². The van der Waals surface area contributed by atoms with Crippen LogP contribution in [0.15, 0.2) is 24.3 Å². The Kier molecular flexibility index (Phi) is 4.24. The second kappa shape index (κ2) is 6.14. The zero-order valence-corrected chi connectivity index (χ0v) is 12.5. The Morgan fingerprint density at radius 3 is 2.71 bits per heavy atom. The highest BCUT2D eigenvalue weighted by Gasteiger charge is 2.38. The molecule has 1 N–H and O–H groups in total. The van der Waals surface area contributed by atoms with Crippen LogP contribution in [0.3, 0.4) is 0 Å². The Morgan fingerprint density at radius 2 is 2.00 bits per heavy atom. The number of piperidine rings is 1. The van der Waals surface area contributed by atoms with Crippen molar-refractivity contribution in [3.05, 3.63) is 35.6 Å². The van der Waals surface area contributed by atoms with Gasteiger partial charge in [0.05, 0.1) is 6.04 Å². The van der Waals surface area contributed by atoms with E-state index in [2.05, 4.69) is 12.2 Å². The molecule has 0 aliphatic carbocycles. The number of halogens is 1. The van der Waals surface area contributed by atoms with E-state index < -0.39 is 0 Å². The summed E-state index contributed by atoms with van der Waals surface area (Å²) < 4.78 is 14.1. The molecule has 2 heterocycles. The van der Waals surface area contributed by atoms with Gasteiger partial charge in [0.1, 0.15) is 5.82 Å². The second-order valence-electron chi connectivity index (χ2n) is 6.39. The molecule has 1 amide bonds. The normalized spacial score (nSPS) is 27.0. The molecule has 0 spiro atoms. The molecule has 1 aromatic rings. The summed E-state index contributed by atoms with van der Waals surface area (Å²) >= 11 is 0. The average molecular weight is 290 g/mol. The quantitative estimate of drug-likeness (QED) is 0.908. The van der Waals surface area contributed by atoms with Gasteiger partial charge in [0.25, 0.3) is 0 Å². The number of hydrogen-bond donors (Lipinski definition) is 1. The highest BCUT2D eigenvalue weighted by molar-refractivity contribution is 5.79. The monoisotopic (exact) mass is 290 g/mol. The lowest BCUT2D eigenvalue weighted by Gasteiger charge is -2.31. The number of nitrogens with zero attached hydrogens (tertiary/aromatic N) is 1. The molecule has 114 valence electrons. The fourth-order valence-electron chi connectivity index (χ4n) is 3.63. The fourth-order valence-corrected chi connectivity index (χ4v) is 3.63. The third kappa shape index (κ3) is 2.95. The standard InChI is InChI=1S/C17H23FN2O/c1-12-10-16(14-4-2-3-5-15(14)18)20(11-12)17(21)13-6-8-19-9-7-13/h2-5,12-13,16,19H,6-11H2,1H3/t12-,16+/m0/s1. The van der Waals surface area contributed by atoms with Crippen molar-refractivity contribution in [2.75, 3.05) is 19.6 Å². The van der Waals surface area contributed by atoms with Crippen molar-refractivity contribution in [1.82, 2.24) is 10.2 Å². The smallest absolute Gasteiger partial charge is 0.226 e. The van der Waals surface area contributed by atoms with Gasteiger partial charge in [-0.15, -0.1) is 0 Å². The molecule has 2 fully saturated rings. The first-order valence-electron chi connectivity index (χ1n) is 7.92. The first-order chi connectivity index (χ1) is 10.2. The number of benzene rings is 1. The molecular formula is C17H23FN2O. The minimum Gasteiger partial charge on any atom is -0.335 e. The van der Waals surface area contributed by atoms with Crippen molar-refractivity contribution in [3.63, 3.8) is 0 Å². The number of likely N-dealkylation sites (tertiary alicyclic amines) is 1. The summed E-state index contributed by atoms with van der Waals surface area (Å²) in [6, 6.07) is 6.78. The second-order valence-corrected chi connectivity index (χ2v) is 6.39. The van der Waals surface area contributed by atoms with Gasteiger partial charge in [0.2, 0.25) is 5.91 Å². The summed E-state index contributed by atoms with van der Waals surface area (Å²) in [5, 5.41) is 3.29. The van der Waals surface area contributed by atoms with Gasteiger partial charge in [-0.1, -0.05) is 25.1 Å². The maximum absolute atomic E-state index is 14.1. The molecule has 2 atom stereocenters. The van der Waals surface area contributed by atoms with E-state index in [1.807, 2.05) is 17.0 Å². The summed E-state index contributed by atoms with van der Waals surface area (Å²) in [6.07, 6.45) is 2.65. The van der Waals surface area contributed by atoms with E-state index in [0.29, 0.717) is 11.5 Å². The van der Waals surface area contributed by atoms with Crippen molar-refractivity contribution in [2.45, 2.75) is 32.2 Å². The van der Waals surface area contributed by atoms with E-state index in [9.17, 15) is 9.18 Å². The number of nitrogens with one attached hydrogen (secondary N) is 1. The first kappa shape index (κ1) is 14.5. The highest BCUT2D eigenvalue weighted by Crippen LogP contribution is 2.38. The van der Waals surface area contributed by atoms with Gasteiger partial charge in [-0.2, -0.15) is 0 Å². The van der Waals surface area contributed by atoms with Gasteiger partial charge in [-0.3, -0.25) is 4.79 Å². The Morgan fingerprint density at radius 1 is 1.29 bits per heavy atom. The van der Waals surface area contributed by atoms with Crippen LogP contribution in [0.5, 0.6) is 0 Å². The Labute approximate surface area is 125 Å². The van der Waals surface area contributed by atoms with E-state index in [-0.39, 0.29) is 23.7 Å². The van der Waals surface area contributed by atoms with Gasteiger partial charge in [0, 0.05) is 18.0 Å². The molecular weight excluding hydrogens is 267 g/mol. The first-order valence-corrected chi connectivity index (χ1v) is 7.92. The van der Waals surface area contributed by atoms with Crippen LogP contribution in [0.4, 0.5) is 4.39 Å². The van der Waals surface area contributed by atoms with Crippen molar-refractivity contribution in [1.29, 1.82) is 0 Å². The average Bonchev–Trinajstić information content (AvgIpc) is 2.89. The van der Waals surface area contributed by atoms with Gasteiger partial charge in [0.15, 0.2) is 0 Å². The van der Waals surface area contributed by atoms with Crippen LogP contribution in [-0.2, 0) is 4.79 Å². The van der Waals surface area contributed by atoms with Gasteiger partial charge in [-0.25, -0.2) is 4.39 Å².